The van der Waals surface area contributed by atoms with Gasteiger partial charge in [0.1, 0.15) is 0 Å². The number of hydrogen-bond acceptors (Lipinski definition) is 2. The number of nitrogens with zero attached hydrogens (tertiary/aromatic N) is 2. The highest BCUT2D eigenvalue weighted by atomic mass is 16.1. The maximum absolute atomic E-state index is 11.3. The Morgan fingerprint density at radius 2 is 1.93 bits per heavy atom. The summed E-state index contributed by atoms with van der Waals surface area (Å²) in [5.41, 5.74) is 1.04. The number of benzene rings is 1. The van der Waals surface area contributed by atoms with Crippen LogP contribution in [0.15, 0.2) is 53.6 Å². The van der Waals surface area contributed by atoms with Gasteiger partial charge in [0.15, 0.2) is 0 Å². The maximum Gasteiger partial charge on any atom is 0.347 e. The summed E-state index contributed by atoms with van der Waals surface area (Å²) in [4.78, 5) is 15.0. The van der Waals surface area contributed by atoms with E-state index in [2.05, 4.69) is 17.1 Å². The van der Waals surface area contributed by atoms with Gasteiger partial charge in [-0.05, 0) is 18.1 Å². The Bertz CT molecular complexity index is 476. The standard InChI is InChI=1S/C12H12N2O/c15-12-13-8-4-9-14(12)10-7-11-5-2-1-3-6-11/h1-6,8-9H,7,10H2. The van der Waals surface area contributed by atoms with Gasteiger partial charge in [0.05, 0.1) is 0 Å². The van der Waals surface area contributed by atoms with Crippen LogP contribution in [-0.4, -0.2) is 9.55 Å². The first-order valence-corrected chi connectivity index (χ1v) is 4.91. The lowest BCUT2D eigenvalue weighted by Crippen LogP contribution is -2.22. The van der Waals surface area contributed by atoms with Gasteiger partial charge in [0.25, 0.3) is 0 Å². The third kappa shape index (κ3) is 2.53. The molecule has 0 unspecified atom stereocenters. The van der Waals surface area contributed by atoms with Crippen molar-refractivity contribution in [1.82, 2.24) is 9.55 Å². The van der Waals surface area contributed by atoms with Crippen LogP contribution in [0.1, 0.15) is 5.56 Å². The van der Waals surface area contributed by atoms with Crippen molar-refractivity contribution in [3.63, 3.8) is 0 Å². The van der Waals surface area contributed by atoms with Crippen LogP contribution in [0.25, 0.3) is 0 Å². The smallest absolute Gasteiger partial charge is 0.299 e. The molecule has 0 saturated carbocycles. The summed E-state index contributed by atoms with van der Waals surface area (Å²) in [6.45, 7) is 0.677. The summed E-state index contributed by atoms with van der Waals surface area (Å²) in [6.07, 6.45) is 4.13. The Hall–Kier alpha value is -1.90. The Kier molecular flexibility index (Phi) is 2.93. The van der Waals surface area contributed by atoms with Crippen LogP contribution in [0.5, 0.6) is 0 Å². The molecule has 1 aromatic heterocycles. The van der Waals surface area contributed by atoms with Gasteiger partial charge in [-0.3, -0.25) is 4.57 Å². The minimum atomic E-state index is -0.187. The highest BCUT2D eigenvalue weighted by Crippen LogP contribution is 2.00. The third-order valence-electron chi connectivity index (χ3n) is 2.27. The molecule has 0 radical (unpaired) electrons. The molecule has 0 fully saturated rings. The van der Waals surface area contributed by atoms with Crippen LogP contribution in [0.2, 0.25) is 0 Å². The zero-order valence-corrected chi connectivity index (χ0v) is 8.34. The fourth-order valence-corrected chi connectivity index (χ4v) is 1.45. The molecule has 0 atom stereocenters. The van der Waals surface area contributed by atoms with Crippen molar-refractivity contribution in [2.75, 3.05) is 0 Å². The predicted molar refractivity (Wildman–Crippen MR) is 58.6 cm³/mol. The first-order valence-electron chi connectivity index (χ1n) is 4.91. The van der Waals surface area contributed by atoms with Crippen molar-refractivity contribution >= 4 is 0 Å². The van der Waals surface area contributed by atoms with Gasteiger partial charge in [-0.25, -0.2) is 9.78 Å². The molecule has 0 N–H and O–H groups in total. The lowest BCUT2D eigenvalue weighted by atomic mass is 10.1. The van der Waals surface area contributed by atoms with E-state index >= 15 is 0 Å². The number of hydrogen-bond donors (Lipinski definition) is 0. The van der Waals surface area contributed by atoms with Gasteiger partial charge < -0.3 is 0 Å². The molecule has 0 saturated heterocycles. The molecule has 0 bridgehead atoms. The SMILES string of the molecule is O=c1ncccn1CCc1ccccc1. The molecule has 2 aromatic rings. The first-order chi connectivity index (χ1) is 7.36. The molecule has 0 spiro atoms. The molecule has 2 rings (SSSR count). The summed E-state index contributed by atoms with van der Waals surface area (Å²) < 4.78 is 1.62. The van der Waals surface area contributed by atoms with E-state index in [1.54, 1.807) is 16.8 Å². The Morgan fingerprint density at radius 1 is 1.13 bits per heavy atom. The molecule has 0 aliphatic rings. The van der Waals surface area contributed by atoms with Crippen molar-refractivity contribution < 1.29 is 0 Å². The molecular weight excluding hydrogens is 188 g/mol. The fraction of sp³-hybridized carbons (Fsp3) is 0.167. The van der Waals surface area contributed by atoms with Gasteiger partial charge in [-0.1, -0.05) is 30.3 Å². The molecule has 0 aliphatic heterocycles. The van der Waals surface area contributed by atoms with E-state index in [-0.39, 0.29) is 5.69 Å². The quantitative estimate of drug-likeness (QED) is 0.752. The average molecular weight is 200 g/mol. The van der Waals surface area contributed by atoms with Crippen LogP contribution >= 0.6 is 0 Å². The monoisotopic (exact) mass is 200 g/mol. The van der Waals surface area contributed by atoms with Crippen LogP contribution in [0, 0.1) is 0 Å². The van der Waals surface area contributed by atoms with Crippen molar-refractivity contribution in [1.29, 1.82) is 0 Å². The van der Waals surface area contributed by atoms with Gasteiger partial charge in [0.2, 0.25) is 0 Å². The molecule has 0 amide bonds. The summed E-state index contributed by atoms with van der Waals surface area (Å²) in [5.74, 6) is 0. The van der Waals surface area contributed by atoms with Gasteiger partial charge in [-0.2, -0.15) is 0 Å². The highest BCUT2D eigenvalue weighted by Gasteiger charge is 1.95. The summed E-state index contributed by atoms with van der Waals surface area (Å²) in [7, 11) is 0. The molecule has 1 aromatic carbocycles. The van der Waals surface area contributed by atoms with Gasteiger partial charge in [-0.15, -0.1) is 0 Å². The normalized spacial score (nSPS) is 10.1. The summed E-state index contributed by atoms with van der Waals surface area (Å²) in [5, 5.41) is 0. The molecule has 15 heavy (non-hydrogen) atoms. The second-order valence-corrected chi connectivity index (χ2v) is 3.33. The molecule has 3 heteroatoms. The Balaban J connectivity index is 2.06. The van der Waals surface area contributed by atoms with Gasteiger partial charge >= 0.3 is 5.69 Å². The van der Waals surface area contributed by atoms with E-state index in [1.807, 2.05) is 18.2 Å². The second kappa shape index (κ2) is 4.55. The molecule has 3 nitrogen and oxygen atoms in total. The number of aromatic nitrogens is 2. The molecule has 76 valence electrons. The topological polar surface area (TPSA) is 34.9 Å². The lowest BCUT2D eigenvalue weighted by Gasteiger charge is -2.03. The fourth-order valence-electron chi connectivity index (χ4n) is 1.45. The van der Waals surface area contributed by atoms with Crippen LogP contribution in [0.3, 0.4) is 0 Å². The maximum atomic E-state index is 11.3. The van der Waals surface area contributed by atoms with E-state index < -0.39 is 0 Å². The second-order valence-electron chi connectivity index (χ2n) is 3.33. The van der Waals surface area contributed by atoms with E-state index in [0.29, 0.717) is 6.54 Å². The minimum absolute atomic E-state index is 0.187. The molecular formula is C12H12N2O. The first kappa shape index (κ1) is 9.65. The lowest BCUT2D eigenvalue weighted by molar-refractivity contribution is 0.649. The summed E-state index contributed by atoms with van der Waals surface area (Å²) in [6, 6.07) is 11.9. The van der Waals surface area contributed by atoms with Crippen molar-refractivity contribution in [2.24, 2.45) is 0 Å². The zero-order valence-electron chi connectivity index (χ0n) is 8.34. The van der Waals surface area contributed by atoms with E-state index in [0.717, 1.165) is 6.42 Å². The van der Waals surface area contributed by atoms with E-state index in [4.69, 9.17) is 0 Å². The van der Waals surface area contributed by atoms with E-state index in [9.17, 15) is 4.79 Å². The van der Waals surface area contributed by atoms with Crippen LogP contribution in [-0.2, 0) is 13.0 Å². The van der Waals surface area contributed by atoms with E-state index in [1.165, 1.54) is 11.8 Å². The van der Waals surface area contributed by atoms with Crippen molar-refractivity contribution in [2.45, 2.75) is 13.0 Å². The number of aryl methyl sites for hydroxylation is 2. The zero-order chi connectivity index (χ0) is 10.5. The number of rotatable bonds is 3. The van der Waals surface area contributed by atoms with Crippen LogP contribution in [0.4, 0.5) is 0 Å². The minimum Gasteiger partial charge on any atom is -0.299 e. The Labute approximate surface area is 88.0 Å². The molecule has 1 heterocycles. The largest absolute Gasteiger partial charge is 0.347 e. The van der Waals surface area contributed by atoms with Crippen molar-refractivity contribution in [3.8, 4) is 0 Å². The summed E-state index contributed by atoms with van der Waals surface area (Å²) >= 11 is 0. The highest BCUT2D eigenvalue weighted by molar-refractivity contribution is 5.14. The molecule has 0 aliphatic carbocycles. The van der Waals surface area contributed by atoms with Crippen LogP contribution < -0.4 is 5.69 Å². The van der Waals surface area contributed by atoms with Crippen molar-refractivity contribution in [3.05, 3.63) is 64.8 Å². The third-order valence-corrected chi connectivity index (χ3v) is 2.27. The predicted octanol–water partition coefficient (Wildman–Crippen LogP) is 1.49. The van der Waals surface area contributed by atoms with Gasteiger partial charge in [0, 0.05) is 18.9 Å². The Morgan fingerprint density at radius 3 is 2.67 bits per heavy atom. The average Bonchev–Trinajstić information content (AvgIpc) is 2.29.